The summed E-state index contributed by atoms with van der Waals surface area (Å²) in [6.07, 6.45) is 0.127. The van der Waals surface area contributed by atoms with Crippen LogP contribution >= 0.6 is 0 Å². The Labute approximate surface area is 73.7 Å². The smallest absolute Gasteiger partial charge is 0.337 e. The van der Waals surface area contributed by atoms with Crippen LogP contribution in [0.2, 0.25) is 12.1 Å². The van der Waals surface area contributed by atoms with Crippen molar-refractivity contribution < 1.29 is 18.8 Å². The van der Waals surface area contributed by atoms with Gasteiger partial charge in [-0.1, -0.05) is 6.92 Å². The van der Waals surface area contributed by atoms with Crippen LogP contribution < -0.4 is 0 Å². The molecule has 72 valence electrons. The maximum Gasteiger partial charge on any atom is 0.337 e. The summed E-state index contributed by atoms with van der Waals surface area (Å²) >= 11 is 0. The first-order valence-corrected chi connectivity index (χ1v) is 6.15. The van der Waals surface area contributed by atoms with Crippen molar-refractivity contribution in [2.75, 3.05) is 14.2 Å². The highest BCUT2D eigenvalue weighted by Crippen LogP contribution is 2.18. The van der Waals surface area contributed by atoms with Gasteiger partial charge in [0, 0.05) is 26.7 Å². The SMILES string of the molecule is CC[Si](CCC(=O)O)(OC)OC. The molecule has 1 N–H and O–H groups in total. The van der Waals surface area contributed by atoms with Crippen LogP contribution in [0.25, 0.3) is 0 Å². The first-order valence-electron chi connectivity index (χ1n) is 3.92. The average Bonchev–Trinajstić information content (AvgIpc) is 2.08. The molecule has 4 nitrogen and oxygen atoms in total. The summed E-state index contributed by atoms with van der Waals surface area (Å²) < 4.78 is 10.5. The molecule has 0 saturated carbocycles. The molecule has 0 atom stereocenters. The van der Waals surface area contributed by atoms with Gasteiger partial charge in [-0.05, 0) is 6.04 Å². The molecular weight excluding hydrogens is 176 g/mol. The van der Waals surface area contributed by atoms with Crippen LogP contribution in [0.3, 0.4) is 0 Å². The van der Waals surface area contributed by atoms with E-state index >= 15 is 0 Å². The molecule has 0 aromatic heterocycles. The van der Waals surface area contributed by atoms with Crippen molar-refractivity contribution in [1.82, 2.24) is 0 Å². The summed E-state index contributed by atoms with van der Waals surface area (Å²) in [6, 6.07) is 1.30. The topological polar surface area (TPSA) is 55.8 Å². The number of aliphatic carboxylic acids is 1. The second-order valence-electron chi connectivity index (χ2n) is 2.57. The van der Waals surface area contributed by atoms with Gasteiger partial charge in [0.25, 0.3) is 0 Å². The fourth-order valence-electron chi connectivity index (χ4n) is 1.05. The zero-order chi connectivity index (χ0) is 9.61. The molecular formula is C7H16O4Si. The number of hydrogen-bond donors (Lipinski definition) is 1. The van der Waals surface area contributed by atoms with Crippen LogP contribution in [0.4, 0.5) is 0 Å². The predicted octanol–water partition coefficient (Wildman–Crippen LogP) is 1.22. The Kier molecular flexibility index (Phi) is 5.11. The highest BCUT2D eigenvalue weighted by molar-refractivity contribution is 6.67. The highest BCUT2D eigenvalue weighted by Gasteiger charge is 2.33. The van der Waals surface area contributed by atoms with Gasteiger partial charge < -0.3 is 14.0 Å². The van der Waals surface area contributed by atoms with Gasteiger partial charge in [-0.2, -0.15) is 0 Å². The van der Waals surface area contributed by atoms with Crippen molar-refractivity contribution in [2.24, 2.45) is 0 Å². The third-order valence-electron chi connectivity index (χ3n) is 2.00. The van der Waals surface area contributed by atoms with Crippen LogP contribution in [0, 0.1) is 0 Å². The summed E-state index contributed by atoms with van der Waals surface area (Å²) in [5.41, 5.74) is 0. The summed E-state index contributed by atoms with van der Waals surface area (Å²) in [5, 5.41) is 8.47. The van der Waals surface area contributed by atoms with E-state index in [1.54, 1.807) is 14.2 Å². The van der Waals surface area contributed by atoms with Crippen LogP contribution in [0.1, 0.15) is 13.3 Å². The van der Waals surface area contributed by atoms with Gasteiger partial charge in [-0.25, -0.2) is 0 Å². The number of carbonyl (C=O) groups is 1. The van der Waals surface area contributed by atoms with E-state index < -0.39 is 14.5 Å². The van der Waals surface area contributed by atoms with Crippen molar-refractivity contribution in [3.05, 3.63) is 0 Å². The lowest BCUT2D eigenvalue weighted by Crippen LogP contribution is -2.39. The van der Waals surface area contributed by atoms with Crippen LogP contribution in [0.15, 0.2) is 0 Å². The fraction of sp³-hybridized carbons (Fsp3) is 0.857. The molecule has 0 aromatic rings. The molecule has 0 aromatic carbocycles. The van der Waals surface area contributed by atoms with E-state index in [4.69, 9.17) is 14.0 Å². The molecule has 12 heavy (non-hydrogen) atoms. The van der Waals surface area contributed by atoms with Crippen molar-refractivity contribution in [1.29, 1.82) is 0 Å². The molecule has 0 amide bonds. The van der Waals surface area contributed by atoms with E-state index in [1.807, 2.05) is 6.92 Å². The normalized spacial score (nSPS) is 11.6. The Hall–Kier alpha value is -0.393. The molecule has 0 bridgehead atoms. The number of carboxylic acid groups (broad SMARTS) is 1. The van der Waals surface area contributed by atoms with Crippen molar-refractivity contribution in [2.45, 2.75) is 25.4 Å². The highest BCUT2D eigenvalue weighted by atomic mass is 28.4. The third kappa shape index (κ3) is 3.34. The standard InChI is InChI=1S/C7H16O4Si/c1-4-12(10-2,11-3)6-5-7(8)9/h4-6H2,1-3H3,(H,8,9). The summed E-state index contributed by atoms with van der Waals surface area (Å²) in [4.78, 5) is 10.3. The number of hydrogen-bond acceptors (Lipinski definition) is 3. The predicted molar refractivity (Wildman–Crippen MR) is 47.3 cm³/mol. The van der Waals surface area contributed by atoms with Crippen molar-refractivity contribution in [3.63, 3.8) is 0 Å². The van der Waals surface area contributed by atoms with Crippen LogP contribution in [0.5, 0.6) is 0 Å². The van der Waals surface area contributed by atoms with E-state index in [0.717, 1.165) is 6.04 Å². The quantitative estimate of drug-likeness (QED) is 0.643. The Balaban J connectivity index is 4.01. The summed E-state index contributed by atoms with van der Waals surface area (Å²) in [5.74, 6) is -0.797. The second-order valence-corrected chi connectivity index (χ2v) is 6.41. The maximum absolute atomic E-state index is 10.3. The number of rotatable bonds is 6. The van der Waals surface area contributed by atoms with Crippen molar-refractivity contribution in [3.8, 4) is 0 Å². The zero-order valence-corrected chi connectivity index (χ0v) is 8.79. The van der Waals surface area contributed by atoms with E-state index in [1.165, 1.54) is 0 Å². The average molecular weight is 192 g/mol. The number of carboxylic acids is 1. The molecule has 0 aliphatic carbocycles. The summed E-state index contributed by atoms with van der Waals surface area (Å²) in [7, 11) is 1.01. The van der Waals surface area contributed by atoms with Gasteiger partial charge >= 0.3 is 14.5 Å². The fourth-order valence-corrected chi connectivity index (χ4v) is 3.15. The third-order valence-corrected chi connectivity index (χ3v) is 5.58. The van der Waals surface area contributed by atoms with E-state index in [9.17, 15) is 4.79 Å². The molecule has 0 heterocycles. The Morgan fingerprint density at radius 2 is 1.92 bits per heavy atom. The van der Waals surface area contributed by atoms with Gasteiger partial charge in [0.05, 0.1) is 0 Å². The largest absolute Gasteiger partial charge is 0.481 e. The Bertz CT molecular complexity index is 136. The van der Waals surface area contributed by atoms with Gasteiger partial charge in [0.1, 0.15) is 0 Å². The summed E-state index contributed by atoms with van der Waals surface area (Å²) in [6.45, 7) is 1.96. The molecule has 0 spiro atoms. The van der Waals surface area contributed by atoms with Gasteiger partial charge in [-0.15, -0.1) is 0 Å². The van der Waals surface area contributed by atoms with Crippen molar-refractivity contribution >= 4 is 14.5 Å². The lowest BCUT2D eigenvalue weighted by Gasteiger charge is -2.24. The van der Waals surface area contributed by atoms with Gasteiger partial charge in [0.15, 0.2) is 0 Å². The lowest BCUT2D eigenvalue weighted by atomic mass is 10.5. The Morgan fingerprint density at radius 1 is 1.42 bits per heavy atom. The van der Waals surface area contributed by atoms with E-state index in [0.29, 0.717) is 6.04 Å². The van der Waals surface area contributed by atoms with Crippen LogP contribution in [-0.2, 0) is 13.6 Å². The molecule has 0 unspecified atom stereocenters. The minimum absolute atomic E-state index is 0.127. The maximum atomic E-state index is 10.3. The molecule has 0 saturated heterocycles. The minimum atomic E-state index is -2.16. The molecule has 0 aliphatic rings. The first kappa shape index (κ1) is 11.6. The molecule has 0 fully saturated rings. The second kappa shape index (κ2) is 5.29. The van der Waals surface area contributed by atoms with Gasteiger partial charge in [0.2, 0.25) is 0 Å². The molecule has 0 aliphatic heterocycles. The van der Waals surface area contributed by atoms with E-state index in [-0.39, 0.29) is 6.42 Å². The molecule has 0 radical (unpaired) electrons. The van der Waals surface area contributed by atoms with E-state index in [2.05, 4.69) is 0 Å². The zero-order valence-electron chi connectivity index (χ0n) is 7.79. The van der Waals surface area contributed by atoms with Crippen LogP contribution in [-0.4, -0.2) is 33.9 Å². The Morgan fingerprint density at radius 3 is 2.17 bits per heavy atom. The molecule has 5 heteroatoms. The molecule has 0 rings (SSSR count). The monoisotopic (exact) mass is 192 g/mol. The van der Waals surface area contributed by atoms with Gasteiger partial charge in [-0.3, -0.25) is 4.79 Å². The minimum Gasteiger partial charge on any atom is -0.481 e. The lowest BCUT2D eigenvalue weighted by molar-refractivity contribution is -0.136. The first-order chi connectivity index (χ1) is 5.60.